The van der Waals surface area contributed by atoms with Crippen LogP contribution in [0.3, 0.4) is 0 Å². The molecule has 2 aliphatic rings. The molecule has 2 aliphatic heterocycles. The predicted molar refractivity (Wildman–Crippen MR) is 106 cm³/mol. The summed E-state index contributed by atoms with van der Waals surface area (Å²) in [5, 5.41) is 3.96. The Morgan fingerprint density at radius 2 is 2.08 bits per heavy atom. The Bertz CT molecular complexity index is 693. The summed E-state index contributed by atoms with van der Waals surface area (Å²) in [5.41, 5.74) is 0.699. The van der Waals surface area contributed by atoms with Gasteiger partial charge >= 0.3 is 0 Å². The maximum Gasteiger partial charge on any atom is 0.193 e. The zero-order valence-corrected chi connectivity index (χ0v) is 16.6. The summed E-state index contributed by atoms with van der Waals surface area (Å²) in [6.45, 7) is 9.01. The summed E-state index contributed by atoms with van der Waals surface area (Å²) >= 11 is 6.26. The van der Waals surface area contributed by atoms with Gasteiger partial charge in [0.05, 0.1) is 0 Å². The summed E-state index contributed by atoms with van der Waals surface area (Å²) in [4.78, 5) is 9.30. The zero-order valence-electron chi connectivity index (χ0n) is 15.8. The lowest BCUT2D eigenvalue weighted by atomic mass is 9.84. The molecular formula is C20H28ClFN4. The van der Waals surface area contributed by atoms with Crippen molar-refractivity contribution >= 4 is 17.6 Å². The number of aliphatic imine (C=N–C) groups is 1. The molecule has 2 heterocycles. The van der Waals surface area contributed by atoms with Gasteiger partial charge in [-0.25, -0.2) is 4.39 Å². The van der Waals surface area contributed by atoms with E-state index >= 15 is 0 Å². The standard InChI is InChI=1S/C20H28ClFN4/c1-20(2,17-7-6-15(22)12-18(17)21)14-24-19(23-3)26-11-8-16(13-26)25-9-4-5-10-25/h4-7,12,16H,8-11,13-14H2,1-3H3,(H,23,24). The molecule has 0 radical (unpaired) electrons. The minimum atomic E-state index is -0.308. The Hall–Kier alpha value is -1.59. The zero-order chi connectivity index (χ0) is 18.7. The molecule has 1 aromatic carbocycles. The van der Waals surface area contributed by atoms with E-state index in [1.165, 1.54) is 12.1 Å². The van der Waals surface area contributed by atoms with Gasteiger partial charge in [-0.05, 0) is 24.1 Å². The monoisotopic (exact) mass is 378 g/mol. The van der Waals surface area contributed by atoms with Gasteiger partial charge in [-0.15, -0.1) is 0 Å². The van der Waals surface area contributed by atoms with E-state index in [2.05, 4.69) is 46.1 Å². The van der Waals surface area contributed by atoms with Crippen LogP contribution in [-0.2, 0) is 5.41 Å². The molecule has 0 spiro atoms. The van der Waals surface area contributed by atoms with Gasteiger partial charge in [-0.3, -0.25) is 9.89 Å². The maximum atomic E-state index is 13.3. The van der Waals surface area contributed by atoms with Crippen LogP contribution in [0.25, 0.3) is 0 Å². The van der Waals surface area contributed by atoms with Gasteiger partial charge in [0.2, 0.25) is 0 Å². The fourth-order valence-corrected chi connectivity index (χ4v) is 4.21. The number of nitrogens with one attached hydrogen (secondary N) is 1. The number of hydrogen-bond donors (Lipinski definition) is 1. The summed E-state index contributed by atoms with van der Waals surface area (Å²) < 4.78 is 13.3. The van der Waals surface area contributed by atoms with Gasteiger partial charge in [-0.2, -0.15) is 0 Å². The fourth-order valence-electron chi connectivity index (χ4n) is 3.79. The molecule has 1 atom stereocenters. The second-order valence-electron chi connectivity index (χ2n) is 7.72. The first kappa shape index (κ1) is 19.2. The maximum absolute atomic E-state index is 13.3. The Morgan fingerprint density at radius 1 is 1.35 bits per heavy atom. The normalized spacial score (nSPS) is 21.7. The van der Waals surface area contributed by atoms with Crippen LogP contribution in [-0.4, -0.2) is 61.6 Å². The minimum Gasteiger partial charge on any atom is -0.355 e. The number of guanidine groups is 1. The summed E-state index contributed by atoms with van der Waals surface area (Å²) in [6.07, 6.45) is 5.64. The molecule has 142 valence electrons. The molecule has 0 bridgehead atoms. The van der Waals surface area contributed by atoms with Crippen LogP contribution in [0, 0.1) is 5.82 Å². The van der Waals surface area contributed by atoms with E-state index in [1.54, 1.807) is 6.07 Å². The average molecular weight is 379 g/mol. The van der Waals surface area contributed by atoms with E-state index < -0.39 is 0 Å². The fraction of sp³-hybridized carbons (Fsp3) is 0.550. The molecule has 1 fully saturated rings. The first-order valence-electron chi connectivity index (χ1n) is 9.21. The van der Waals surface area contributed by atoms with Crippen molar-refractivity contribution in [1.29, 1.82) is 0 Å². The van der Waals surface area contributed by atoms with E-state index in [1.807, 2.05) is 7.05 Å². The number of rotatable bonds is 4. The third-order valence-corrected chi connectivity index (χ3v) is 5.70. The summed E-state index contributed by atoms with van der Waals surface area (Å²) in [6, 6.07) is 5.20. The number of benzene rings is 1. The van der Waals surface area contributed by atoms with Crippen molar-refractivity contribution in [2.24, 2.45) is 4.99 Å². The minimum absolute atomic E-state index is 0.237. The highest BCUT2D eigenvalue weighted by Gasteiger charge is 2.31. The Labute approximate surface area is 160 Å². The Morgan fingerprint density at radius 3 is 2.73 bits per heavy atom. The molecule has 0 aliphatic carbocycles. The first-order chi connectivity index (χ1) is 12.4. The largest absolute Gasteiger partial charge is 0.355 e. The number of hydrogen-bond acceptors (Lipinski definition) is 2. The van der Waals surface area contributed by atoms with Crippen molar-refractivity contribution < 1.29 is 4.39 Å². The molecule has 0 amide bonds. The molecule has 1 aromatic rings. The van der Waals surface area contributed by atoms with Crippen LogP contribution in [0.4, 0.5) is 4.39 Å². The van der Waals surface area contributed by atoms with E-state index in [0.29, 0.717) is 17.6 Å². The van der Waals surface area contributed by atoms with Crippen molar-refractivity contribution in [3.63, 3.8) is 0 Å². The topological polar surface area (TPSA) is 30.9 Å². The number of nitrogens with zero attached hydrogens (tertiary/aromatic N) is 3. The van der Waals surface area contributed by atoms with Crippen molar-refractivity contribution in [3.8, 4) is 0 Å². The van der Waals surface area contributed by atoms with E-state index in [9.17, 15) is 4.39 Å². The second kappa shape index (κ2) is 7.97. The van der Waals surface area contributed by atoms with Gasteiger partial charge in [0.25, 0.3) is 0 Å². The molecule has 26 heavy (non-hydrogen) atoms. The van der Waals surface area contributed by atoms with Crippen LogP contribution >= 0.6 is 11.6 Å². The molecule has 4 nitrogen and oxygen atoms in total. The SMILES string of the molecule is CN=C(NCC(C)(C)c1ccc(F)cc1Cl)N1CCC(N2CC=CC2)C1. The van der Waals surface area contributed by atoms with Crippen LogP contribution in [0.15, 0.2) is 35.3 Å². The lowest BCUT2D eigenvalue weighted by molar-refractivity contribution is 0.259. The van der Waals surface area contributed by atoms with E-state index in [0.717, 1.165) is 44.1 Å². The van der Waals surface area contributed by atoms with E-state index in [-0.39, 0.29) is 11.2 Å². The Balaban J connectivity index is 1.60. The van der Waals surface area contributed by atoms with Gasteiger partial charge in [0, 0.05) is 56.3 Å². The van der Waals surface area contributed by atoms with Crippen molar-refractivity contribution in [1.82, 2.24) is 15.1 Å². The summed E-state index contributed by atoms with van der Waals surface area (Å²) in [7, 11) is 1.82. The van der Waals surface area contributed by atoms with Gasteiger partial charge in [-0.1, -0.05) is 43.7 Å². The smallest absolute Gasteiger partial charge is 0.193 e. The summed E-state index contributed by atoms with van der Waals surface area (Å²) in [5.74, 6) is 0.615. The van der Waals surface area contributed by atoms with Crippen LogP contribution in [0.5, 0.6) is 0 Å². The second-order valence-corrected chi connectivity index (χ2v) is 8.13. The highest BCUT2D eigenvalue weighted by atomic mass is 35.5. The Kier molecular flexibility index (Phi) is 5.88. The molecular weight excluding hydrogens is 351 g/mol. The molecule has 0 aromatic heterocycles. The molecule has 1 N–H and O–H groups in total. The van der Waals surface area contributed by atoms with E-state index in [4.69, 9.17) is 11.6 Å². The average Bonchev–Trinajstić information content (AvgIpc) is 3.26. The lowest BCUT2D eigenvalue weighted by Crippen LogP contribution is -2.46. The third-order valence-electron chi connectivity index (χ3n) is 5.39. The number of likely N-dealkylation sites (tertiary alicyclic amines) is 1. The van der Waals surface area contributed by atoms with Crippen LogP contribution in [0.2, 0.25) is 5.02 Å². The van der Waals surface area contributed by atoms with Crippen LogP contribution < -0.4 is 5.32 Å². The molecule has 6 heteroatoms. The van der Waals surface area contributed by atoms with Crippen molar-refractivity contribution in [2.75, 3.05) is 39.8 Å². The predicted octanol–water partition coefficient (Wildman–Crippen LogP) is 3.28. The highest BCUT2D eigenvalue weighted by Crippen LogP contribution is 2.30. The highest BCUT2D eigenvalue weighted by molar-refractivity contribution is 6.31. The van der Waals surface area contributed by atoms with Crippen molar-refractivity contribution in [3.05, 3.63) is 46.8 Å². The molecule has 3 rings (SSSR count). The molecule has 0 saturated carbocycles. The number of halogens is 2. The van der Waals surface area contributed by atoms with Crippen molar-refractivity contribution in [2.45, 2.75) is 31.7 Å². The third kappa shape index (κ3) is 4.21. The molecule has 1 unspecified atom stereocenters. The lowest BCUT2D eigenvalue weighted by Gasteiger charge is -2.30. The van der Waals surface area contributed by atoms with Crippen LogP contribution in [0.1, 0.15) is 25.8 Å². The van der Waals surface area contributed by atoms with Gasteiger partial charge in [0.15, 0.2) is 5.96 Å². The molecule has 1 saturated heterocycles. The first-order valence-corrected chi connectivity index (χ1v) is 9.58. The van der Waals surface area contributed by atoms with Gasteiger partial charge < -0.3 is 10.2 Å². The quantitative estimate of drug-likeness (QED) is 0.495. The van der Waals surface area contributed by atoms with Gasteiger partial charge in [0.1, 0.15) is 5.82 Å².